The van der Waals surface area contributed by atoms with Crippen LogP contribution in [0.25, 0.3) is 6.08 Å². The fourth-order valence-corrected chi connectivity index (χ4v) is 3.65. The third kappa shape index (κ3) is 7.03. The number of ether oxygens (including phenoxy) is 2. The van der Waals surface area contributed by atoms with E-state index in [9.17, 15) is 10.1 Å². The first-order valence-corrected chi connectivity index (χ1v) is 11.7. The Balaban J connectivity index is 1.78. The number of amides is 1. The van der Waals surface area contributed by atoms with Gasteiger partial charge in [-0.2, -0.15) is 5.26 Å². The van der Waals surface area contributed by atoms with Crippen LogP contribution >= 0.6 is 0 Å². The maximum Gasteiger partial charge on any atom is 0.222 e. The number of nitriles is 1. The van der Waals surface area contributed by atoms with Gasteiger partial charge >= 0.3 is 0 Å². The fourth-order valence-electron chi connectivity index (χ4n) is 3.65. The van der Waals surface area contributed by atoms with Gasteiger partial charge in [0, 0.05) is 51.3 Å². The number of rotatable bonds is 14. The smallest absolute Gasteiger partial charge is 0.222 e. The number of pyridine rings is 2. The first-order valence-electron chi connectivity index (χ1n) is 11.7. The van der Waals surface area contributed by atoms with Crippen molar-refractivity contribution in [3.63, 3.8) is 0 Å². The van der Waals surface area contributed by atoms with Crippen LogP contribution in [0.5, 0.6) is 5.75 Å². The normalized spacial score (nSPS) is 12.6. The van der Waals surface area contributed by atoms with Crippen LogP contribution < -0.4 is 15.0 Å². The molecule has 1 amide bonds. The maximum absolute atomic E-state index is 11.9. The summed E-state index contributed by atoms with van der Waals surface area (Å²) >= 11 is 0. The van der Waals surface area contributed by atoms with Gasteiger partial charge in [-0.25, -0.2) is 4.98 Å². The van der Waals surface area contributed by atoms with Crippen molar-refractivity contribution in [1.29, 1.82) is 5.26 Å². The lowest BCUT2D eigenvalue weighted by Crippen LogP contribution is -2.36. The Morgan fingerprint density at radius 2 is 2.21 bits per heavy atom. The molecule has 2 aromatic rings. The third-order valence-corrected chi connectivity index (χ3v) is 5.56. The standard InChI is InChI=1S/C26H33N5O3/c1-4-12-31(13-11-29-24(32)9-14-33-3)26-21(17-27)16-23(25(30-26)20-6-7-20)34-18-19-8-10-28-22(5-2)15-19/h5,8,10,15-16,20H,2,4,6-7,9,11-14,18H2,1,3H3,(H,29,32). The number of carbonyl (C=O) groups excluding carboxylic acids is 1. The number of carbonyl (C=O) groups is 1. The van der Waals surface area contributed by atoms with Crippen LogP contribution in [-0.4, -0.2) is 49.2 Å². The van der Waals surface area contributed by atoms with E-state index in [0.29, 0.717) is 55.8 Å². The molecule has 2 aromatic heterocycles. The van der Waals surface area contributed by atoms with Gasteiger partial charge in [0.05, 0.1) is 23.6 Å². The van der Waals surface area contributed by atoms with Crippen molar-refractivity contribution in [3.05, 3.63) is 53.5 Å². The molecule has 180 valence electrons. The van der Waals surface area contributed by atoms with Crippen LogP contribution in [0.2, 0.25) is 0 Å². The van der Waals surface area contributed by atoms with E-state index in [1.165, 1.54) is 0 Å². The third-order valence-electron chi connectivity index (χ3n) is 5.56. The molecule has 0 aromatic carbocycles. The molecular formula is C26H33N5O3. The second-order valence-corrected chi connectivity index (χ2v) is 8.29. The molecular weight excluding hydrogens is 430 g/mol. The van der Waals surface area contributed by atoms with Gasteiger partial charge in [0.2, 0.25) is 5.91 Å². The Labute approximate surface area is 201 Å². The van der Waals surface area contributed by atoms with Crippen LogP contribution in [-0.2, 0) is 16.1 Å². The van der Waals surface area contributed by atoms with Crippen molar-refractivity contribution in [2.45, 2.75) is 45.1 Å². The van der Waals surface area contributed by atoms with E-state index in [-0.39, 0.29) is 5.91 Å². The Hall–Kier alpha value is -3.44. The molecule has 1 N–H and O–H groups in total. The first kappa shape index (κ1) is 25.2. The number of nitrogens with one attached hydrogen (secondary N) is 1. The minimum Gasteiger partial charge on any atom is -0.487 e. The van der Waals surface area contributed by atoms with Gasteiger partial charge in [-0.1, -0.05) is 13.5 Å². The first-order chi connectivity index (χ1) is 16.6. The largest absolute Gasteiger partial charge is 0.487 e. The second-order valence-electron chi connectivity index (χ2n) is 8.29. The fraction of sp³-hybridized carbons (Fsp3) is 0.462. The summed E-state index contributed by atoms with van der Waals surface area (Å²) in [6.07, 6.45) is 6.79. The van der Waals surface area contributed by atoms with Gasteiger partial charge in [0.15, 0.2) is 0 Å². The predicted molar refractivity (Wildman–Crippen MR) is 132 cm³/mol. The lowest BCUT2D eigenvalue weighted by molar-refractivity contribution is -0.121. The number of hydrogen-bond acceptors (Lipinski definition) is 7. The van der Waals surface area contributed by atoms with Crippen LogP contribution in [0.1, 0.15) is 61.0 Å². The van der Waals surface area contributed by atoms with Gasteiger partial charge in [0.25, 0.3) is 0 Å². The van der Waals surface area contributed by atoms with Crippen molar-refractivity contribution in [3.8, 4) is 11.8 Å². The van der Waals surface area contributed by atoms with Crippen molar-refractivity contribution < 1.29 is 14.3 Å². The van der Waals surface area contributed by atoms with Crippen molar-refractivity contribution in [1.82, 2.24) is 15.3 Å². The molecule has 1 saturated carbocycles. The summed E-state index contributed by atoms with van der Waals surface area (Å²) < 4.78 is 11.1. The number of methoxy groups -OCH3 is 1. The summed E-state index contributed by atoms with van der Waals surface area (Å²) in [5.74, 6) is 1.61. The second kappa shape index (κ2) is 12.7. The molecule has 1 aliphatic carbocycles. The van der Waals surface area contributed by atoms with Crippen LogP contribution in [0.4, 0.5) is 5.82 Å². The minimum absolute atomic E-state index is 0.0510. The monoisotopic (exact) mass is 463 g/mol. The van der Waals surface area contributed by atoms with Gasteiger partial charge in [0.1, 0.15) is 24.2 Å². The molecule has 0 spiro atoms. The van der Waals surface area contributed by atoms with Gasteiger partial charge in [-0.05, 0) is 43.0 Å². The van der Waals surface area contributed by atoms with Gasteiger partial charge < -0.3 is 19.7 Å². The molecule has 1 aliphatic rings. The Morgan fingerprint density at radius 3 is 2.88 bits per heavy atom. The van der Waals surface area contributed by atoms with E-state index in [2.05, 4.69) is 34.8 Å². The van der Waals surface area contributed by atoms with E-state index in [1.807, 2.05) is 18.2 Å². The number of hydrogen-bond donors (Lipinski definition) is 1. The summed E-state index contributed by atoms with van der Waals surface area (Å²) in [7, 11) is 1.58. The minimum atomic E-state index is -0.0510. The summed E-state index contributed by atoms with van der Waals surface area (Å²) in [6, 6.07) is 7.94. The van der Waals surface area contributed by atoms with Crippen LogP contribution in [0.3, 0.4) is 0 Å². The number of anilines is 1. The highest BCUT2D eigenvalue weighted by molar-refractivity contribution is 5.76. The van der Waals surface area contributed by atoms with Crippen molar-refractivity contribution in [2.75, 3.05) is 38.3 Å². The summed E-state index contributed by atoms with van der Waals surface area (Å²) in [4.78, 5) is 23.2. The van der Waals surface area contributed by atoms with Gasteiger partial charge in [-0.15, -0.1) is 0 Å². The molecule has 8 nitrogen and oxygen atoms in total. The van der Waals surface area contributed by atoms with Crippen molar-refractivity contribution >= 4 is 17.8 Å². The van der Waals surface area contributed by atoms with Gasteiger partial charge in [-0.3, -0.25) is 9.78 Å². The molecule has 0 aliphatic heterocycles. The molecule has 0 bridgehead atoms. The molecule has 0 unspecified atom stereocenters. The average Bonchev–Trinajstić information content (AvgIpc) is 3.71. The topological polar surface area (TPSA) is 100 Å². The summed E-state index contributed by atoms with van der Waals surface area (Å²) in [6.45, 7) is 8.38. The molecule has 8 heteroatoms. The zero-order valence-electron chi connectivity index (χ0n) is 20.0. The molecule has 0 radical (unpaired) electrons. The Bertz CT molecular complexity index is 1030. The predicted octanol–water partition coefficient (Wildman–Crippen LogP) is 3.82. The van der Waals surface area contributed by atoms with E-state index in [0.717, 1.165) is 42.8 Å². The molecule has 34 heavy (non-hydrogen) atoms. The highest BCUT2D eigenvalue weighted by Gasteiger charge is 2.31. The Morgan fingerprint density at radius 1 is 1.38 bits per heavy atom. The molecule has 3 rings (SSSR count). The zero-order chi connectivity index (χ0) is 24.3. The quantitative estimate of drug-likeness (QED) is 0.455. The lowest BCUT2D eigenvalue weighted by atomic mass is 10.1. The van der Waals surface area contributed by atoms with E-state index < -0.39 is 0 Å². The van der Waals surface area contributed by atoms with Crippen molar-refractivity contribution in [2.24, 2.45) is 0 Å². The van der Waals surface area contributed by atoms with E-state index in [4.69, 9.17) is 14.5 Å². The van der Waals surface area contributed by atoms with E-state index in [1.54, 1.807) is 19.4 Å². The molecule has 0 saturated heterocycles. The maximum atomic E-state index is 11.9. The highest BCUT2D eigenvalue weighted by Crippen LogP contribution is 2.44. The summed E-state index contributed by atoms with van der Waals surface area (Å²) in [5, 5.41) is 12.8. The zero-order valence-corrected chi connectivity index (χ0v) is 20.0. The summed E-state index contributed by atoms with van der Waals surface area (Å²) in [5.41, 5.74) is 3.14. The number of nitrogens with zero attached hydrogens (tertiary/aromatic N) is 4. The molecule has 1 fully saturated rings. The SMILES string of the molecule is C=Cc1cc(COc2cc(C#N)c(N(CCC)CCNC(=O)CCOC)nc2C2CC2)ccn1. The molecule has 0 atom stereocenters. The number of aromatic nitrogens is 2. The van der Waals surface area contributed by atoms with E-state index >= 15 is 0 Å². The van der Waals surface area contributed by atoms with Crippen LogP contribution in [0.15, 0.2) is 31.0 Å². The highest BCUT2D eigenvalue weighted by atomic mass is 16.5. The Kier molecular flexibility index (Phi) is 9.41. The average molecular weight is 464 g/mol. The molecule has 2 heterocycles. The lowest BCUT2D eigenvalue weighted by Gasteiger charge is -2.25. The van der Waals surface area contributed by atoms with Crippen LogP contribution in [0, 0.1) is 11.3 Å².